The molecule has 1 aromatic carbocycles. The van der Waals surface area contributed by atoms with E-state index in [0.717, 1.165) is 35.5 Å². The largest absolute Gasteiger partial charge is 0.0654 e. The van der Waals surface area contributed by atoms with Gasteiger partial charge in [0.05, 0.1) is 0 Å². The molecule has 0 saturated heterocycles. The minimum atomic E-state index is 0.837. The van der Waals surface area contributed by atoms with Gasteiger partial charge in [0.25, 0.3) is 0 Å². The van der Waals surface area contributed by atoms with Gasteiger partial charge in [-0.1, -0.05) is 95.9 Å². The molecule has 3 aliphatic rings. The van der Waals surface area contributed by atoms with Crippen LogP contribution in [0.3, 0.4) is 0 Å². The van der Waals surface area contributed by atoms with Crippen molar-refractivity contribution < 1.29 is 0 Å². The van der Waals surface area contributed by atoms with Crippen molar-refractivity contribution in [3.8, 4) is 0 Å². The maximum Gasteiger partial charge on any atom is -0.0162 e. The maximum atomic E-state index is 2.48. The van der Waals surface area contributed by atoms with Crippen molar-refractivity contribution >= 4 is 0 Å². The highest BCUT2D eigenvalue weighted by Gasteiger charge is 2.30. The topological polar surface area (TPSA) is 0 Å². The molecular weight excluding hydrogens is 396 g/mol. The third-order valence-electron chi connectivity index (χ3n) is 10.3. The summed E-state index contributed by atoms with van der Waals surface area (Å²) in [7, 11) is 0. The molecule has 3 aliphatic carbocycles. The van der Waals surface area contributed by atoms with Crippen LogP contribution >= 0.6 is 0 Å². The summed E-state index contributed by atoms with van der Waals surface area (Å²) in [5, 5.41) is 0. The Hall–Kier alpha value is -0.780. The summed E-state index contributed by atoms with van der Waals surface area (Å²) >= 11 is 0. The Morgan fingerprint density at radius 3 is 1.61 bits per heavy atom. The summed E-state index contributed by atoms with van der Waals surface area (Å²) in [5.41, 5.74) is 3.21. The highest BCUT2D eigenvalue weighted by molar-refractivity contribution is 5.26. The number of hydrogen-bond donors (Lipinski definition) is 0. The number of rotatable bonds is 10. The number of benzene rings is 1. The van der Waals surface area contributed by atoms with Gasteiger partial charge >= 0.3 is 0 Å². The van der Waals surface area contributed by atoms with Gasteiger partial charge in [-0.25, -0.2) is 0 Å². The van der Waals surface area contributed by atoms with Crippen molar-refractivity contribution in [1.29, 1.82) is 0 Å². The Labute approximate surface area is 206 Å². The Morgan fingerprint density at radius 1 is 0.545 bits per heavy atom. The van der Waals surface area contributed by atoms with Gasteiger partial charge in [-0.15, -0.1) is 0 Å². The highest BCUT2D eigenvalue weighted by Crippen LogP contribution is 2.43. The highest BCUT2D eigenvalue weighted by atomic mass is 14.4. The molecule has 4 rings (SSSR count). The normalized spacial score (nSPS) is 33.2. The molecule has 0 N–H and O–H groups in total. The molecule has 3 saturated carbocycles. The SMILES string of the molecule is CCCCC1CCC(C2CCC(CCc3ccc(C4CCC(CCC)CC4)cc3)CC2)CC1. The molecule has 0 aromatic heterocycles. The van der Waals surface area contributed by atoms with Crippen LogP contribution in [0, 0.1) is 29.6 Å². The van der Waals surface area contributed by atoms with Crippen LogP contribution in [0.15, 0.2) is 24.3 Å². The summed E-state index contributed by atoms with van der Waals surface area (Å²) in [4.78, 5) is 0. The quantitative estimate of drug-likeness (QED) is 0.332. The second kappa shape index (κ2) is 13.3. The molecule has 0 heterocycles. The van der Waals surface area contributed by atoms with E-state index in [9.17, 15) is 0 Å². The molecule has 0 spiro atoms. The third kappa shape index (κ3) is 7.60. The Kier molecular flexibility index (Phi) is 10.2. The molecule has 0 unspecified atom stereocenters. The van der Waals surface area contributed by atoms with Crippen LogP contribution in [0.25, 0.3) is 0 Å². The second-order valence-electron chi connectivity index (χ2n) is 12.5. The molecule has 0 heteroatoms. The van der Waals surface area contributed by atoms with Crippen molar-refractivity contribution in [3.05, 3.63) is 35.4 Å². The first kappa shape index (κ1) is 25.3. The summed E-state index contributed by atoms with van der Waals surface area (Å²) in [6.07, 6.45) is 28.0. The molecule has 186 valence electrons. The van der Waals surface area contributed by atoms with Gasteiger partial charge in [-0.05, 0) is 111 Å². The summed E-state index contributed by atoms with van der Waals surface area (Å²) in [5.74, 6) is 6.06. The molecule has 0 nitrogen and oxygen atoms in total. The van der Waals surface area contributed by atoms with E-state index < -0.39 is 0 Å². The maximum absolute atomic E-state index is 2.48. The van der Waals surface area contributed by atoms with Crippen molar-refractivity contribution in [2.45, 2.75) is 142 Å². The Balaban J connectivity index is 1.13. The van der Waals surface area contributed by atoms with Crippen LogP contribution in [0.5, 0.6) is 0 Å². The first-order valence-electron chi connectivity index (χ1n) is 15.3. The second-order valence-corrected chi connectivity index (χ2v) is 12.5. The van der Waals surface area contributed by atoms with E-state index in [4.69, 9.17) is 0 Å². The first-order valence-corrected chi connectivity index (χ1v) is 15.3. The standard InChI is InChI=1S/C33H54/c1-3-5-7-27-12-20-31(21-13-27)33-24-16-29(17-25-33)9-8-28-14-22-32(23-15-28)30-18-10-26(6-4-2)11-19-30/h14-15,22-23,26-27,29-31,33H,3-13,16-21,24-25H2,1-2H3. The van der Waals surface area contributed by atoms with Gasteiger partial charge in [0.1, 0.15) is 0 Å². The molecule has 1 aromatic rings. The van der Waals surface area contributed by atoms with Crippen LogP contribution in [-0.4, -0.2) is 0 Å². The third-order valence-corrected chi connectivity index (χ3v) is 10.3. The molecule has 0 amide bonds. The number of hydrogen-bond acceptors (Lipinski definition) is 0. The minimum absolute atomic E-state index is 0.837. The fourth-order valence-corrected chi connectivity index (χ4v) is 7.91. The van der Waals surface area contributed by atoms with Gasteiger partial charge in [-0.2, -0.15) is 0 Å². The van der Waals surface area contributed by atoms with Gasteiger partial charge in [0.2, 0.25) is 0 Å². The minimum Gasteiger partial charge on any atom is -0.0654 e. The van der Waals surface area contributed by atoms with E-state index in [-0.39, 0.29) is 0 Å². The molecule has 3 fully saturated rings. The van der Waals surface area contributed by atoms with E-state index in [1.807, 2.05) is 0 Å². The van der Waals surface area contributed by atoms with Crippen molar-refractivity contribution in [2.75, 3.05) is 0 Å². The number of unbranched alkanes of at least 4 members (excludes halogenated alkanes) is 1. The smallest absolute Gasteiger partial charge is 0.0162 e. The lowest BCUT2D eigenvalue weighted by molar-refractivity contribution is 0.140. The zero-order valence-electron chi connectivity index (χ0n) is 22.2. The molecule has 0 bridgehead atoms. The fourth-order valence-electron chi connectivity index (χ4n) is 7.91. The average molecular weight is 451 g/mol. The summed E-state index contributed by atoms with van der Waals surface area (Å²) < 4.78 is 0. The Bertz CT molecular complexity index is 633. The van der Waals surface area contributed by atoms with Crippen LogP contribution < -0.4 is 0 Å². The van der Waals surface area contributed by atoms with E-state index in [0.29, 0.717) is 0 Å². The van der Waals surface area contributed by atoms with E-state index in [1.165, 1.54) is 96.3 Å². The lowest BCUT2D eigenvalue weighted by atomic mass is 9.68. The van der Waals surface area contributed by atoms with E-state index in [1.54, 1.807) is 36.8 Å². The molecule has 0 atom stereocenters. The fraction of sp³-hybridized carbons (Fsp3) is 0.818. The van der Waals surface area contributed by atoms with Crippen LogP contribution in [0.2, 0.25) is 0 Å². The Morgan fingerprint density at radius 2 is 1.06 bits per heavy atom. The van der Waals surface area contributed by atoms with Gasteiger partial charge in [0, 0.05) is 0 Å². The summed E-state index contributed by atoms with van der Waals surface area (Å²) in [6, 6.07) is 9.90. The average Bonchev–Trinajstić information content (AvgIpc) is 2.88. The zero-order chi connectivity index (χ0) is 22.9. The molecular formula is C33H54. The van der Waals surface area contributed by atoms with Crippen molar-refractivity contribution in [2.24, 2.45) is 29.6 Å². The predicted molar refractivity (Wildman–Crippen MR) is 145 cm³/mol. The molecule has 0 aliphatic heterocycles. The van der Waals surface area contributed by atoms with E-state index >= 15 is 0 Å². The van der Waals surface area contributed by atoms with Crippen molar-refractivity contribution in [1.82, 2.24) is 0 Å². The summed E-state index contributed by atoms with van der Waals surface area (Å²) in [6.45, 7) is 4.69. The first-order chi connectivity index (χ1) is 16.2. The molecule has 33 heavy (non-hydrogen) atoms. The predicted octanol–water partition coefficient (Wildman–Crippen LogP) is 10.5. The van der Waals surface area contributed by atoms with Gasteiger partial charge in [-0.3, -0.25) is 0 Å². The zero-order valence-corrected chi connectivity index (χ0v) is 22.2. The van der Waals surface area contributed by atoms with Crippen LogP contribution in [0.4, 0.5) is 0 Å². The van der Waals surface area contributed by atoms with Gasteiger partial charge in [0.15, 0.2) is 0 Å². The van der Waals surface area contributed by atoms with Crippen molar-refractivity contribution in [3.63, 3.8) is 0 Å². The van der Waals surface area contributed by atoms with Crippen LogP contribution in [-0.2, 0) is 6.42 Å². The number of aryl methyl sites for hydroxylation is 1. The van der Waals surface area contributed by atoms with E-state index in [2.05, 4.69) is 38.1 Å². The lowest BCUT2D eigenvalue weighted by Crippen LogP contribution is -2.26. The van der Waals surface area contributed by atoms with Crippen LogP contribution in [0.1, 0.15) is 146 Å². The lowest BCUT2D eigenvalue weighted by Gasteiger charge is -2.38. The monoisotopic (exact) mass is 450 g/mol. The van der Waals surface area contributed by atoms with Gasteiger partial charge < -0.3 is 0 Å². The molecule has 0 radical (unpaired) electrons.